The average Bonchev–Trinajstić information content (AvgIpc) is 2.81. The van der Waals surface area contributed by atoms with E-state index in [4.69, 9.17) is 11.6 Å². The standard InChI is InChI=1S/C13H11ClN4O2S/c1-21(19,20)13-17-4-8(5-18-13)2-9-6-15-12-11(9)3-10(14)7-16-12/h3-7H,2H2,1H3,(H,15,16). The van der Waals surface area contributed by atoms with Gasteiger partial charge >= 0.3 is 0 Å². The van der Waals surface area contributed by atoms with Crippen LogP contribution >= 0.6 is 11.6 Å². The SMILES string of the molecule is CS(=O)(=O)c1ncc(Cc2c[nH]c3ncc(Cl)cc23)cn1. The second kappa shape index (κ2) is 5.09. The first-order valence-corrected chi connectivity index (χ1v) is 8.33. The molecule has 0 atom stereocenters. The lowest BCUT2D eigenvalue weighted by Crippen LogP contribution is -2.04. The molecular formula is C13H11ClN4O2S. The maximum absolute atomic E-state index is 11.3. The van der Waals surface area contributed by atoms with E-state index in [0.29, 0.717) is 11.4 Å². The van der Waals surface area contributed by atoms with Crippen LogP contribution in [0.2, 0.25) is 5.02 Å². The van der Waals surface area contributed by atoms with Crippen LogP contribution in [0.5, 0.6) is 0 Å². The fourth-order valence-corrected chi connectivity index (χ4v) is 2.67. The van der Waals surface area contributed by atoms with Gasteiger partial charge in [-0.2, -0.15) is 0 Å². The maximum atomic E-state index is 11.3. The highest BCUT2D eigenvalue weighted by atomic mass is 35.5. The summed E-state index contributed by atoms with van der Waals surface area (Å²) in [7, 11) is -3.38. The molecule has 0 radical (unpaired) electrons. The fraction of sp³-hybridized carbons (Fsp3) is 0.154. The fourth-order valence-electron chi connectivity index (χ4n) is 2.02. The van der Waals surface area contributed by atoms with Crippen molar-refractivity contribution in [3.63, 3.8) is 0 Å². The van der Waals surface area contributed by atoms with Gasteiger partial charge in [-0.1, -0.05) is 11.6 Å². The molecule has 0 aliphatic rings. The van der Waals surface area contributed by atoms with Crippen LogP contribution in [-0.2, 0) is 16.3 Å². The highest BCUT2D eigenvalue weighted by Crippen LogP contribution is 2.22. The van der Waals surface area contributed by atoms with Crippen LogP contribution in [0.3, 0.4) is 0 Å². The molecule has 0 saturated heterocycles. The molecule has 3 heterocycles. The third-order valence-electron chi connectivity index (χ3n) is 2.99. The highest BCUT2D eigenvalue weighted by molar-refractivity contribution is 7.90. The van der Waals surface area contributed by atoms with E-state index in [9.17, 15) is 8.42 Å². The van der Waals surface area contributed by atoms with Crippen LogP contribution < -0.4 is 0 Å². The Kier molecular flexibility index (Phi) is 3.38. The third kappa shape index (κ3) is 2.88. The summed E-state index contributed by atoms with van der Waals surface area (Å²) in [6, 6.07) is 1.83. The molecule has 21 heavy (non-hydrogen) atoms. The lowest BCUT2D eigenvalue weighted by atomic mass is 10.1. The second-order valence-corrected chi connectivity index (χ2v) is 7.03. The predicted octanol–water partition coefficient (Wildman–Crippen LogP) is 2.00. The van der Waals surface area contributed by atoms with Crippen LogP contribution in [0.15, 0.2) is 36.0 Å². The largest absolute Gasteiger partial charge is 0.346 e. The molecular weight excluding hydrogens is 312 g/mol. The zero-order valence-corrected chi connectivity index (χ0v) is 12.6. The number of H-pyrrole nitrogens is 1. The molecule has 0 bridgehead atoms. The summed E-state index contributed by atoms with van der Waals surface area (Å²) in [6.45, 7) is 0. The van der Waals surface area contributed by atoms with Crippen molar-refractivity contribution < 1.29 is 8.42 Å². The Labute approximate surface area is 126 Å². The van der Waals surface area contributed by atoms with Crippen molar-refractivity contribution in [3.05, 3.63) is 47.0 Å². The first-order chi connectivity index (χ1) is 9.93. The topological polar surface area (TPSA) is 88.6 Å². The van der Waals surface area contributed by atoms with Gasteiger partial charge in [0.15, 0.2) is 0 Å². The Morgan fingerprint density at radius 3 is 2.57 bits per heavy atom. The molecule has 108 valence electrons. The summed E-state index contributed by atoms with van der Waals surface area (Å²) in [6.07, 6.45) is 8.09. The monoisotopic (exact) mass is 322 g/mol. The molecule has 0 saturated carbocycles. The molecule has 0 aliphatic carbocycles. The van der Waals surface area contributed by atoms with E-state index in [1.165, 1.54) is 12.4 Å². The molecule has 0 spiro atoms. The summed E-state index contributed by atoms with van der Waals surface area (Å²) in [5.74, 6) is 0. The van der Waals surface area contributed by atoms with Gasteiger partial charge in [0.25, 0.3) is 0 Å². The van der Waals surface area contributed by atoms with Gasteiger partial charge in [0.1, 0.15) is 5.65 Å². The molecule has 3 aromatic rings. The summed E-state index contributed by atoms with van der Waals surface area (Å²) >= 11 is 5.95. The van der Waals surface area contributed by atoms with E-state index in [1.807, 2.05) is 12.3 Å². The smallest absolute Gasteiger partial charge is 0.246 e. The molecule has 0 amide bonds. The highest BCUT2D eigenvalue weighted by Gasteiger charge is 2.11. The van der Waals surface area contributed by atoms with Crippen molar-refractivity contribution >= 4 is 32.5 Å². The number of pyridine rings is 1. The van der Waals surface area contributed by atoms with E-state index in [1.54, 1.807) is 6.20 Å². The average molecular weight is 323 g/mol. The van der Waals surface area contributed by atoms with E-state index in [2.05, 4.69) is 19.9 Å². The van der Waals surface area contributed by atoms with Crippen molar-refractivity contribution in [1.82, 2.24) is 19.9 Å². The van der Waals surface area contributed by atoms with Crippen molar-refractivity contribution in [1.29, 1.82) is 0 Å². The lowest BCUT2D eigenvalue weighted by Gasteiger charge is -2.01. The van der Waals surface area contributed by atoms with Gasteiger partial charge in [-0.15, -0.1) is 0 Å². The lowest BCUT2D eigenvalue weighted by molar-refractivity contribution is 0.592. The Hall–Kier alpha value is -1.99. The Bertz CT molecular complexity index is 904. The van der Waals surface area contributed by atoms with E-state index in [-0.39, 0.29) is 5.16 Å². The number of aromatic amines is 1. The van der Waals surface area contributed by atoms with Gasteiger partial charge in [-0.25, -0.2) is 23.4 Å². The van der Waals surface area contributed by atoms with Gasteiger partial charge in [-0.3, -0.25) is 0 Å². The van der Waals surface area contributed by atoms with Crippen LogP contribution in [0, 0.1) is 0 Å². The number of aromatic nitrogens is 4. The first kappa shape index (κ1) is 14.0. The molecule has 0 aliphatic heterocycles. The molecule has 1 N–H and O–H groups in total. The Morgan fingerprint density at radius 1 is 1.19 bits per heavy atom. The molecule has 0 unspecified atom stereocenters. The molecule has 0 fully saturated rings. The number of hydrogen-bond acceptors (Lipinski definition) is 5. The quantitative estimate of drug-likeness (QED) is 0.745. The van der Waals surface area contributed by atoms with Gasteiger partial charge in [0.2, 0.25) is 15.0 Å². The van der Waals surface area contributed by atoms with Crippen molar-refractivity contribution in [2.45, 2.75) is 11.6 Å². The van der Waals surface area contributed by atoms with Crippen molar-refractivity contribution in [2.75, 3.05) is 6.26 Å². The number of halogens is 1. The molecule has 0 aromatic carbocycles. The normalized spacial score (nSPS) is 11.9. The zero-order valence-electron chi connectivity index (χ0n) is 11.0. The van der Waals surface area contributed by atoms with Crippen LogP contribution in [-0.4, -0.2) is 34.6 Å². The van der Waals surface area contributed by atoms with Gasteiger partial charge in [-0.05, 0) is 17.2 Å². The number of nitrogens with one attached hydrogen (secondary N) is 1. The number of hydrogen-bond donors (Lipinski definition) is 1. The van der Waals surface area contributed by atoms with E-state index in [0.717, 1.165) is 28.4 Å². The minimum Gasteiger partial charge on any atom is -0.346 e. The molecule has 8 heteroatoms. The molecule has 6 nitrogen and oxygen atoms in total. The minimum atomic E-state index is -3.38. The second-order valence-electron chi connectivity index (χ2n) is 4.69. The van der Waals surface area contributed by atoms with Crippen LogP contribution in [0.1, 0.15) is 11.1 Å². The van der Waals surface area contributed by atoms with Gasteiger partial charge in [0, 0.05) is 42.9 Å². The third-order valence-corrected chi connectivity index (χ3v) is 4.07. The van der Waals surface area contributed by atoms with Crippen molar-refractivity contribution in [2.24, 2.45) is 0 Å². The zero-order chi connectivity index (χ0) is 15.0. The summed E-state index contributed by atoms with van der Waals surface area (Å²) in [5, 5.41) is 1.32. The summed E-state index contributed by atoms with van der Waals surface area (Å²) in [5.41, 5.74) is 2.56. The van der Waals surface area contributed by atoms with Crippen LogP contribution in [0.25, 0.3) is 11.0 Å². The Morgan fingerprint density at radius 2 is 1.90 bits per heavy atom. The summed E-state index contributed by atoms with van der Waals surface area (Å²) in [4.78, 5) is 15.0. The predicted molar refractivity (Wildman–Crippen MR) is 79.1 cm³/mol. The van der Waals surface area contributed by atoms with E-state index >= 15 is 0 Å². The van der Waals surface area contributed by atoms with Gasteiger partial charge < -0.3 is 4.98 Å². The summed E-state index contributed by atoms with van der Waals surface area (Å²) < 4.78 is 22.6. The van der Waals surface area contributed by atoms with Gasteiger partial charge in [0.05, 0.1) is 5.02 Å². The molecule has 3 rings (SSSR count). The number of rotatable bonds is 3. The Balaban J connectivity index is 1.93. The van der Waals surface area contributed by atoms with E-state index < -0.39 is 9.84 Å². The minimum absolute atomic E-state index is 0.171. The van der Waals surface area contributed by atoms with Crippen LogP contribution in [0.4, 0.5) is 0 Å². The number of sulfone groups is 1. The number of nitrogens with zero attached hydrogens (tertiary/aromatic N) is 3. The van der Waals surface area contributed by atoms with Crippen molar-refractivity contribution in [3.8, 4) is 0 Å². The molecule has 3 aromatic heterocycles. The number of fused-ring (bicyclic) bond motifs is 1. The first-order valence-electron chi connectivity index (χ1n) is 6.06. The maximum Gasteiger partial charge on any atom is 0.246 e.